The number of hydrogen-bond acceptors (Lipinski definition) is 4. The van der Waals surface area contributed by atoms with Crippen LogP contribution in [-0.4, -0.2) is 27.6 Å². The maximum absolute atomic E-state index is 10.3. The molecule has 1 aromatic heterocycles. The van der Waals surface area contributed by atoms with Gasteiger partial charge in [0.1, 0.15) is 0 Å². The van der Waals surface area contributed by atoms with Gasteiger partial charge in [-0.3, -0.25) is 4.79 Å². The highest BCUT2D eigenvalue weighted by molar-refractivity contribution is 5.67. The lowest BCUT2D eigenvalue weighted by Gasteiger charge is -2.07. The molecule has 2 N–H and O–H groups in total. The van der Waals surface area contributed by atoms with E-state index in [2.05, 4.69) is 15.3 Å². The second-order valence-corrected chi connectivity index (χ2v) is 3.53. The van der Waals surface area contributed by atoms with Gasteiger partial charge in [-0.15, -0.1) is 0 Å². The highest BCUT2D eigenvalue weighted by Crippen LogP contribution is 2.11. The largest absolute Gasteiger partial charge is 0.481 e. The number of carboxylic acid groups (broad SMARTS) is 1. The predicted octanol–water partition coefficient (Wildman–Crippen LogP) is 1.49. The molecule has 0 aromatic carbocycles. The first-order chi connectivity index (χ1) is 7.09. The van der Waals surface area contributed by atoms with Crippen LogP contribution in [0.4, 0.5) is 5.95 Å². The second kappa shape index (κ2) is 5.29. The number of rotatable bonds is 5. The van der Waals surface area contributed by atoms with Gasteiger partial charge in [0.05, 0.1) is 6.42 Å². The minimum atomic E-state index is -0.831. The molecule has 1 rings (SSSR count). The third-order valence-corrected chi connectivity index (χ3v) is 1.89. The van der Waals surface area contributed by atoms with Gasteiger partial charge in [-0.05, 0) is 12.0 Å². The molecule has 0 radical (unpaired) electrons. The van der Waals surface area contributed by atoms with Crippen LogP contribution in [-0.2, 0) is 4.79 Å². The van der Waals surface area contributed by atoms with Gasteiger partial charge in [-0.2, -0.15) is 0 Å². The van der Waals surface area contributed by atoms with Crippen molar-refractivity contribution in [1.82, 2.24) is 9.97 Å². The summed E-state index contributed by atoms with van der Waals surface area (Å²) in [7, 11) is 0. The monoisotopic (exact) mass is 209 g/mol. The Hall–Kier alpha value is -1.65. The first kappa shape index (κ1) is 11.4. The summed E-state index contributed by atoms with van der Waals surface area (Å²) in [6.07, 6.45) is 1.74. The van der Waals surface area contributed by atoms with Gasteiger partial charge in [-0.1, -0.05) is 13.8 Å². The maximum atomic E-state index is 10.3. The van der Waals surface area contributed by atoms with E-state index in [9.17, 15) is 4.79 Å². The fraction of sp³-hybridized carbons (Fsp3) is 0.500. The van der Waals surface area contributed by atoms with Gasteiger partial charge < -0.3 is 10.4 Å². The number of aromatic nitrogens is 2. The van der Waals surface area contributed by atoms with Gasteiger partial charge in [0.15, 0.2) is 0 Å². The minimum absolute atomic E-state index is 0.0647. The topological polar surface area (TPSA) is 75.1 Å². The van der Waals surface area contributed by atoms with Crippen LogP contribution >= 0.6 is 0 Å². The van der Waals surface area contributed by atoms with Crippen molar-refractivity contribution in [2.24, 2.45) is 0 Å². The molecule has 0 saturated heterocycles. The quantitative estimate of drug-likeness (QED) is 0.768. The molecular formula is C10H15N3O2. The normalized spacial score (nSPS) is 10.3. The van der Waals surface area contributed by atoms with Crippen molar-refractivity contribution in [3.63, 3.8) is 0 Å². The molecule has 0 aliphatic rings. The average molecular weight is 209 g/mol. The number of hydrogen-bond donors (Lipinski definition) is 2. The summed E-state index contributed by atoms with van der Waals surface area (Å²) < 4.78 is 0. The number of nitrogens with one attached hydrogen (secondary N) is 1. The molecule has 1 heterocycles. The number of carboxylic acids is 1. The highest BCUT2D eigenvalue weighted by Gasteiger charge is 2.03. The lowest BCUT2D eigenvalue weighted by molar-refractivity contribution is -0.136. The van der Waals surface area contributed by atoms with Crippen molar-refractivity contribution in [2.45, 2.75) is 26.2 Å². The SMILES string of the molecule is CC(C)c1ccnc(NCCC(=O)O)n1. The molecule has 0 aliphatic carbocycles. The Morgan fingerprint density at radius 3 is 2.93 bits per heavy atom. The second-order valence-electron chi connectivity index (χ2n) is 3.53. The Labute approximate surface area is 88.6 Å². The van der Waals surface area contributed by atoms with E-state index in [1.807, 2.05) is 19.9 Å². The van der Waals surface area contributed by atoms with Crippen LogP contribution in [0.15, 0.2) is 12.3 Å². The van der Waals surface area contributed by atoms with Crippen LogP contribution in [0.25, 0.3) is 0 Å². The summed E-state index contributed by atoms with van der Waals surface area (Å²) in [5, 5.41) is 11.3. The Bertz CT molecular complexity index is 339. The van der Waals surface area contributed by atoms with Crippen LogP contribution in [0.1, 0.15) is 31.9 Å². The Morgan fingerprint density at radius 1 is 1.60 bits per heavy atom. The number of nitrogens with zero attached hydrogens (tertiary/aromatic N) is 2. The van der Waals surface area contributed by atoms with E-state index in [-0.39, 0.29) is 6.42 Å². The fourth-order valence-corrected chi connectivity index (χ4v) is 1.06. The molecule has 5 heteroatoms. The molecule has 5 nitrogen and oxygen atoms in total. The molecular weight excluding hydrogens is 194 g/mol. The zero-order valence-electron chi connectivity index (χ0n) is 8.90. The summed E-state index contributed by atoms with van der Waals surface area (Å²) in [6, 6.07) is 1.85. The Morgan fingerprint density at radius 2 is 2.33 bits per heavy atom. The number of aliphatic carboxylic acids is 1. The third-order valence-electron chi connectivity index (χ3n) is 1.89. The first-order valence-corrected chi connectivity index (χ1v) is 4.88. The molecule has 0 aliphatic heterocycles. The van der Waals surface area contributed by atoms with Crippen molar-refractivity contribution in [2.75, 3.05) is 11.9 Å². The van der Waals surface area contributed by atoms with E-state index < -0.39 is 5.97 Å². The Kier molecular flexibility index (Phi) is 4.03. The zero-order chi connectivity index (χ0) is 11.3. The van der Waals surface area contributed by atoms with Gasteiger partial charge in [-0.25, -0.2) is 9.97 Å². The minimum Gasteiger partial charge on any atom is -0.481 e. The van der Waals surface area contributed by atoms with E-state index in [1.165, 1.54) is 0 Å². The summed E-state index contributed by atoms with van der Waals surface area (Å²) in [4.78, 5) is 18.5. The molecule has 0 atom stereocenters. The maximum Gasteiger partial charge on any atom is 0.305 e. The molecule has 0 amide bonds. The lowest BCUT2D eigenvalue weighted by Crippen LogP contribution is -2.10. The molecule has 0 bridgehead atoms. The zero-order valence-corrected chi connectivity index (χ0v) is 8.90. The Balaban J connectivity index is 2.54. The smallest absolute Gasteiger partial charge is 0.305 e. The molecule has 0 spiro atoms. The molecule has 0 unspecified atom stereocenters. The molecule has 0 fully saturated rings. The van der Waals surface area contributed by atoms with Crippen molar-refractivity contribution in [3.8, 4) is 0 Å². The van der Waals surface area contributed by atoms with E-state index in [1.54, 1.807) is 6.20 Å². The number of anilines is 1. The van der Waals surface area contributed by atoms with Crippen molar-refractivity contribution in [3.05, 3.63) is 18.0 Å². The summed E-state index contributed by atoms with van der Waals surface area (Å²) >= 11 is 0. The van der Waals surface area contributed by atoms with Gasteiger partial charge >= 0.3 is 5.97 Å². The summed E-state index contributed by atoms with van der Waals surface area (Å²) in [5.74, 6) is -0.00186. The van der Waals surface area contributed by atoms with Crippen LogP contribution < -0.4 is 5.32 Å². The van der Waals surface area contributed by atoms with Crippen LogP contribution in [0.5, 0.6) is 0 Å². The number of carbonyl (C=O) groups is 1. The van der Waals surface area contributed by atoms with Crippen LogP contribution in [0.2, 0.25) is 0 Å². The van der Waals surface area contributed by atoms with Crippen molar-refractivity contribution < 1.29 is 9.90 Å². The van der Waals surface area contributed by atoms with Gasteiger partial charge in [0, 0.05) is 18.4 Å². The molecule has 0 saturated carbocycles. The molecule has 15 heavy (non-hydrogen) atoms. The van der Waals surface area contributed by atoms with Crippen LogP contribution in [0, 0.1) is 0 Å². The van der Waals surface area contributed by atoms with E-state index >= 15 is 0 Å². The average Bonchev–Trinajstić information content (AvgIpc) is 2.17. The van der Waals surface area contributed by atoms with Crippen LogP contribution in [0.3, 0.4) is 0 Å². The first-order valence-electron chi connectivity index (χ1n) is 4.88. The van der Waals surface area contributed by atoms with Gasteiger partial charge in [0.25, 0.3) is 0 Å². The third kappa shape index (κ3) is 3.93. The highest BCUT2D eigenvalue weighted by atomic mass is 16.4. The lowest BCUT2D eigenvalue weighted by atomic mass is 10.1. The fourth-order valence-electron chi connectivity index (χ4n) is 1.06. The van der Waals surface area contributed by atoms with Crippen molar-refractivity contribution >= 4 is 11.9 Å². The van der Waals surface area contributed by atoms with E-state index in [4.69, 9.17) is 5.11 Å². The van der Waals surface area contributed by atoms with Gasteiger partial charge in [0.2, 0.25) is 5.95 Å². The standard InChI is InChI=1S/C10H15N3O2/c1-7(2)8-3-5-11-10(13-8)12-6-4-9(14)15/h3,5,7H,4,6H2,1-2H3,(H,14,15)(H,11,12,13). The summed E-state index contributed by atoms with van der Waals surface area (Å²) in [5.41, 5.74) is 0.947. The molecule has 82 valence electrons. The predicted molar refractivity (Wildman–Crippen MR) is 56.9 cm³/mol. The molecule has 1 aromatic rings. The summed E-state index contributed by atoms with van der Waals surface area (Å²) in [6.45, 7) is 4.43. The van der Waals surface area contributed by atoms with E-state index in [0.717, 1.165) is 5.69 Å². The van der Waals surface area contributed by atoms with Crippen molar-refractivity contribution in [1.29, 1.82) is 0 Å². The van der Waals surface area contributed by atoms with E-state index in [0.29, 0.717) is 18.4 Å².